The van der Waals surface area contributed by atoms with Gasteiger partial charge in [-0.1, -0.05) is 12.2 Å². The summed E-state index contributed by atoms with van der Waals surface area (Å²) in [6.45, 7) is 0. The number of thiocarbonyl (C=S) groups is 1. The third kappa shape index (κ3) is 1.20. The molecule has 1 saturated carbocycles. The Kier molecular flexibility index (Phi) is 2.23. The molecule has 0 spiro atoms. The van der Waals surface area contributed by atoms with Gasteiger partial charge in [0, 0.05) is 15.4 Å². The minimum Gasteiger partial charge on any atom is -0.171 e. The fourth-order valence-electron chi connectivity index (χ4n) is 0.822. The van der Waals surface area contributed by atoms with E-state index in [0.29, 0.717) is 10.5 Å². The smallest absolute Gasteiger partial charge is 0.0342 e. The molecule has 1 rings (SSSR count). The highest BCUT2D eigenvalue weighted by molar-refractivity contribution is 7.90. The number of hydrogen-bond acceptors (Lipinski definition) is 3. The fraction of sp³-hybridized carbons (Fsp3) is 0.800. The maximum atomic E-state index is 5.01. The Morgan fingerprint density at radius 3 is 1.75 bits per heavy atom. The molecule has 0 aromatic rings. The first-order chi connectivity index (χ1) is 3.72. The molecule has 0 heterocycles. The van der Waals surface area contributed by atoms with Crippen LogP contribution in [0.3, 0.4) is 0 Å². The van der Waals surface area contributed by atoms with Crippen molar-refractivity contribution in [2.24, 2.45) is 0 Å². The fourth-order valence-corrected chi connectivity index (χ4v) is 1.83. The van der Waals surface area contributed by atoms with Gasteiger partial charge in [0.1, 0.15) is 0 Å². The van der Waals surface area contributed by atoms with Gasteiger partial charge < -0.3 is 0 Å². The second kappa shape index (κ2) is 2.58. The highest BCUT2D eigenvalue weighted by atomic mass is 32.1. The Bertz CT molecular complexity index is 98.2. The van der Waals surface area contributed by atoms with Crippen molar-refractivity contribution < 1.29 is 0 Å². The van der Waals surface area contributed by atoms with Crippen molar-refractivity contribution >= 4 is 42.3 Å². The predicted molar refractivity (Wildman–Crippen MR) is 47.4 cm³/mol. The molecule has 0 aromatic carbocycles. The highest BCUT2D eigenvalue weighted by Gasteiger charge is 2.24. The minimum atomic E-state index is 0.340. The van der Waals surface area contributed by atoms with Crippen LogP contribution in [0.15, 0.2) is 0 Å². The number of thiol groups is 2. The normalized spacial score (nSPS) is 38.5. The molecular weight excluding hydrogens is 156 g/mol. The average molecular weight is 164 g/mol. The van der Waals surface area contributed by atoms with Crippen LogP contribution >= 0.6 is 37.5 Å². The van der Waals surface area contributed by atoms with Gasteiger partial charge in [-0.15, -0.1) is 0 Å². The average Bonchev–Trinajstić information content (AvgIpc) is 1.98. The maximum absolute atomic E-state index is 5.01. The molecular formula is C5H8S3. The van der Waals surface area contributed by atoms with E-state index in [2.05, 4.69) is 25.3 Å². The van der Waals surface area contributed by atoms with Crippen molar-refractivity contribution in [3.05, 3.63) is 0 Å². The SMILES string of the molecule is S=C1C(S)CCC1S. The van der Waals surface area contributed by atoms with Gasteiger partial charge in [0.15, 0.2) is 0 Å². The summed E-state index contributed by atoms with van der Waals surface area (Å²) in [4.78, 5) is 1.02. The summed E-state index contributed by atoms with van der Waals surface area (Å²) in [6.07, 6.45) is 2.21. The van der Waals surface area contributed by atoms with Crippen molar-refractivity contribution in [1.82, 2.24) is 0 Å². The molecule has 3 heteroatoms. The van der Waals surface area contributed by atoms with E-state index in [-0.39, 0.29) is 0 Å². The lowest BCUT2D eigenvalue weighted by Crippen LogP contribution is -2.10. The van der Waals surface area contributed by atoms with Crippen LogP contribution in [-0.2, 0) is 0 Å². The second-order valence-corrected chi connectivity index (χ2v) is 3.73. The molecule has 2 unspecified atom stereocenters. The van der Waals surface area contributed by atoms with Crippen LogP contribution in [0, 0.1) is 0 Å². The quantitative estimate of drug-likeness (QED) is 0.406. The third-order valence-electron chi connectivity index (χ3n) is 1.37. The van der Waals surface area contributed by atoms with Crippen LogP contribution in [0.1, 0.15) is 12.8 Å². The first kappa shape index (κ1) is 6.90. The van der Waals surface area contributed by atoms with E-state index < -0.39 is 0 Å². The summed E-state index contributed by atoms with van der Waals surface area (Å²) in [6, 6.07) is 0. The van der Waals surface area contributed by atoms with E-state index in [1.54, 1.807) is 0 Å². The lowest BCUT2D eigenvalue weighted by atomic mass is 10.4. The van der Waals surface area contributed by atoms with Gasteiger partial charge in [-0.3, -0.25) is 0 Å². The molecule has 0 radical (unpaired) electrons. The van der Waals surface area contributed by atoms with E-state index in [1.807, 2.05) is 0 Å². The third-order valence-corrected chi connectivity index (χ3v) is 3.36. The van der Waals surface area contributed by atoms with Crippen molar-refractivity contribution in [2.75, 3.05) is 0 Å². The van der Waals surface area contributed by atoms with E-state index in [0.717, 1.165) is 17.7 Å². The minimum absolute atomic E-state index is 0.340. The zero-order valence-electron chi connectivity index (χ0n) is 4.37. The summed E-state index contributed by atoms with van der Waals surface area (Å²) in [7, 11) is 0. The van der Waals surface area contributed by atoms with E-state index >= 15 is 0 Å². The largest absolute Gasteiger partial charge is 0.171 e. The molecule has 0 amide bonds. The lowest BCUT2D eigenvalue weighted by Gasteiger charge is -1.99. The van der Waals surface area contributed by atoms with Gasteiger partial charge in [-0.25, -0.2) is 0 Å². The Labute approximate surface area is 65.9 Å². The summed E-state index contributed by atoms with van der Waals surface area (Å²) >= 11 is 13.5. The summed E-state index contributed by atoms with van der Waals surface area (Å²) in [5.41, 5.74) is 0. The van der Waals surface area contributed by atoms with Crippen molar-refractivity contribution in [2.45, 2.75) is 23.3 Å². The summed E-state index contributed by atoms with van der Waals surface area (Å²) < 4.78 is 0. The molecule has 1 aliphatic rings. The second-order valence-electron chi connectivity index (χ2n) is 2.01. The molecule has 8 heavy (non-hydrogen) atoms. The standard InChI is InChI=1S/C5H8S3/c6-3-1-2-4(7)5(3)8/h3-4,6-7H,1-2H2. The molecule has 0 saturated heterocycles. The lowest BCUT2D eigenvalue weighted by molar-refractivity contribution is 0.907. The van der Waals surface area contributed by atoms with Crippen LogP contribution in [0.2, 0.25) is 0 Å². The van der Waals surface area contributed by atoms with Crippen molar-refractivity contribution in [3.8, 4) is 0 Å². The predicted octanol–water partition coefficient (Wildman–Crippen LogP) is 1.75. The van der Waals surface area contributed by atoms with Gasteiger partial charge in [0.2, 0.25) is 0 Å². The van der Waals surface area contributed by atoms with Crippen LogP contribution in [0.5, 0.6) is 0 Å². The molecule has 0 aliphatic heterocycles. The molecule has 1 fully saturated rings. The van der Waals surface area contributed by atoms with Crippen LogP contribution in [-0.4, -0.2) is 15.4 Å². The monoisotopic (exact) mass is 164 g/mol. The highest BCUT2D eigenvalue weighted by Crippen LogP contribution is 2.25. The molecule has 1 aliphatic carbocycles. The number of rotatable bonds is 0. The van der Waals surface area contributed by atoms with Crippen molar-refractivity contribution in [3.63, 3.8) is 0 Å². The Hall–Kier alpha value is 0.790. The maximum Gasteiger partial charge on any atom is 0.0342 e. The summed E-state index contributed by atoms with van der Waals surface area (Å²) in [5.74, 6) is 0. The molecule has 0 bridgehead atoms. The molecule has 0 aromatic heterocycles. The Balaban J connectivity index is 2.57. The van der Waals surface area contributed by atoms with E-state index in [9.17, 15) is 0 Å². The van der Waals surface area contributed by atoms with Crippen molar-refractivity contribution in [1.29, 1.82) is 0 Å². The molecule has 0 N–H and O–H groups in total. The Morgan fingerprint density at radius 2 is 1.62 bits per heavy atom. The van der Waals surface area contributed by atoms with Gasteiger partial charge in [0.25, 0.3) is 0 Å². The topological polar surface area (TPSA) is 0 Å². The van der Waals surface area contributed by atoms with Gasteiger partial charge in [-0.05, 0) is 12.8 Å². The molecule has 2 atom stereocenters. The first-order valence-electron chi connectivity index (χ1n) is 2.61. The van der Waals surface area contributed by atoms with Crippen LogP contribution in [0.4, 0.5) is 0 Å². The molecule has 46 valence electrons. The summed E-state index contributed by atoms with van der Waals surface area (Å²) in [5, 5.41) is 0.681. The Morgan fingerprint density at radius 1 is 1.25 bits per heavy atom. The first-order valence-corrected chi connectivity index (χ1v) is 4.06. The van der Waals surface area contributed by atoms with Gasteiger partial charge >= 0.3 is 0 Å². The van der Waals surface area contributed by atoms with Gasteiger partial charge in [-0.2, -0.15) is 25.3 Å². The number of hydrogen-bond donors (Lipinski definition) is 2. The van der Waals surface area contributed by atoms with E-state index in [4.69, 9.17) is 12.2 Å². The van der Waals surface area contributed by atoms with Crippen LogP contribution in [0.25, 0.3) is 0 Å². The van der Waals surface area contributed by atoms with Crippen LogP contribution < -0.4 is 0 Å². The zero-order valence-corrected chi connectivity index (χ0v) is 6.98. The van der Waals surface area contributed by atoms with E-state index in [1.165, 1.54) is 0 Å². The zero-order chi connectivity index (χ0) is 6.15. The van der Waals surface area contributed by atoms with Gasteiger partial charge in [0.05, 0.1) is 0 Å². The molecule has 0 nitrogen and oxygen atoms in total.